The van der Waals surface area contributed by atoms with E-state index in [1.54, 1.807) is 0 Å². The summed E-state index contributed by atoms with van der Waals surface area (Å²) in [7, 11) is 0. The van der Waals surface area contributed by atoms with E-state index in [0.717, 1.165) is 38.8 Å². The largest absolute Gasteiger partial charge is 0.388 e. The molecular formula is C16H26N2O. The second-order valence-corrected chi connectivity index (χ2v) is 7.32. The molecule has 3 heteroatoms. The number of nitriles is 1. The van der Waals surface area contributed by atoms with Crippen LogP contribution >= 0.6 is 0 Å². The van der Waals surface area contributed by atoms with Crippen LogP contribution < -0.4 is 0 Å². The smallest absolute Gasteiger partial charge is 0.0891 e. The lowest BCUT2D eigenvalue weighted by Gasteiger charge is -2.50. The van der Waals surface area contributed by atoms with Crippen molar-refractivity contribution in [3.63, 3.8) is 0 Å². The Hall–Kier alpha value is -0.590. The summed E-state index contributed by atoms with van der Waals surface area (Å²) in [5.41, 5.74) is -1.16. The molecule has 3 fully saturated rings. The lowest BCUT2D eigenvalue weighted by Crippen LogP contribution is -2.57. The normalized spacial score (nSPS) is 41.6. The van der Waals surface area contributed by atoms with Gasteiger partial charge >= 0.3 is 0 Å². The van der Waals surface area contributed by atoms with Crippen LogP contribution in [0.15, 0.2) is 0 Å². The standard InChI is InChI=1S/C16H26N2O/c1-12(2)18-7-5-16(19,6-8-18)15(11-17)10-13-3-4-14(15)9-13/h12-14,19H,3-10H2,1-2H3. The molecule has 0 spiro atoms. The summed E-state index contributed by atoms with van der Waals surface area (Å²) in [5.74, 6) is 1.16. The third kappa shape index (κ3) is 1.84. The molecule has 106 valence electrons. The summed E-state index contributed by atoms with van der Waals surface area (Å²) in [4.78, 5) is 2.42. The minimum absolute atomic E-state index is 0.432. The predicted octanol–water partition coefficient (Wildman–Crippen LogP) is 2.55. The minimum atomic E-state index is -0.729. The van der Waals surface area contributed by atoms with Crippen molar-refractivity contribution in [2.75, 3.05) is 13.1 Å². The zero-order chi connectivity index (χ0) is 13.7. The van der Waals surface area contributed by atoms with Gasteiger partial charge in [0.05, 0.1) is 17.1 Å². The van der Waals surface area contributed by atoms with Gasteiger partial charge < -0.3 is 10.0 Å². The molecule has 3 aliphatic rings. The first-order valence-electron chi connectivity index (χ1n) is 7.88. The van der Waals surface area contributed by atoms with E-state index in [1.807, 2.05) is 0 Å². The first-order valence-corrected chi connectivity index (χ1v) is 7.88. The number of aliphatic hydroxyl groups is 1. The number of hydrogen-bond donors (Lipinski definition) is 1. The summed E-state index contributed by atoms with van der Waals surface area (Å²) in [5, 5.41) is 21.0. The van der Waals surface area contributed by atoms with Crippen LogP contribution in [-0.4, -0.2) is 34.7 Å². The molecule has 1 N–H and O–H groups in total. The van der Waals surface area contributed by atoms with Gasteiger partial charge in [0.2, 0.25) is 0 Å². The Labute approximate surface area is 116 Å². The van der Waals surface area contributed by atoms with Crippen molar-refractivity contribution < 1.29 is 5.11 Å². The van der Waals surface area contributed by atoms with Crippen molar-refractivity contribution in [2.45, 2.75) is 64.0 Å². The lowest BCUT2D eigenvalue weighted by molar-refractivity contribution is -0.120. The predicted molar refractivity (Wildman–Crippen MR) is 74.4 cm³/mol. The van der Waals surface area contributed by atoms with Crippen LogP contribution in [0.1, 0.15) is 52.4 Å². The average Bonchev–Trinajstić information content (AvgIpc) is 3.00. The molecule has 0 aromatic carbocycles. The summed E-state index contributed by atoms with van der Waals surface area (Å²) in [6.07, 6.45) is 6.14. The minimum Gasteiger partial charge on any atom is -0.388 e. The Morgan fingerprint density at radius 2 is 1.95 bits per heavy atom. The maximum absolute atomic E-state index is 11.2. The number of likely N-dealkylation sites (tertiary alicyclic amines) is 1. The molecule has 0 amide bonds. The molecule has 0 aromatic rings. The Bertz CT molecular complexity index is 392. The third-order valence-electron chi connectivity index (χ3n) is 6.23. The van der Waals surface area contributed by atoms with Crippen molar-refractivity contribution >= 4 is 0 Å². The molecule has 2 saturated carbocycles. The molecule has 1 aliphatic heterocycles. The number of fused-ring (bicyclic) bond motifs is 2. The molecule has 0 aromatic heterocycles. The second kappa shape index (κ2) is 4.46. The molecular weight excluding hydrogens is 236 g/mol. The molecule has 19 heavy (non-hydrogen) atoms. The van der Waals surface area contributed by atoms with E-state index in [4.69, 9.17) is 0 Å². The van der Waals surface area contributed by atoms with E-state index < -0.39 is 11.0 Å². The number of hydrogen-bond acceptors (Lipinski definition) is 3. The van der Waals surface area contributed by atoms with Crippen LogP contribution in [0.3, 0.4) is 0 Å². The van der Waals surface area contributed by atoms with Crippen LogP contribution in [0.2, 0.25) is 0 Å². The molecule has 3 atom stereocenters. The molecule has 3 rings (SSSR count). The van der Waals surface area contributed by atoms with Crippen LogP contribution in [0.4, 0.5) is 0 Å². The van der Waals surface area contributed by atoms with Crippen molar-refractivity contribution in [3.8, 4) is 6.07 Å². The monoisotopic (exact) mass is 262 g/mol. The Morgan fingerprint density at radius 1 is 1.26 bits per heavy atom. The fraction of sp³-hybridized carbons (Fsp3) is 0.938. The number of piperidine rings is 1. The van der Waals surface area contributed by atoms with Gasteiger partial charge in [0.25, 0.3) is 0 Å². The SMILES string of the molecule is CC(C)N1CCC(O)(C2(C#N)CC3CCC2C3)CC1. The van der Waals surface area contributed by atoms with Gasteiger partial charge in [-0.25, -0.2) is 0 Å². The van der Waals surface area contributed by atoms with Crippen LogP contribution in [0.25, 0.3) is 0 Å². The molecule has 1 heterocycles. The van der Waals surface area contributed by atoms with Gasteiger partial charge in [0, 0.05) is 19.1 Å². The van der Waals surface area contributed by atoms with Gasteiger partial charge in [-0.15, -0.1) is 0 Å². The van der Waals surface area contributed by atoms with E-state index in [1.165, 1.54) is 12.8 Å². The van der Waals surface area contributed by atoms with E-state index in [-0.39, 0.29) is 0 Å². The second-order valence-electron chi connectivity index (χ2n) is 7.32. The van der Waals surface area contributed by atoms with Gasteiger partial charge in [0.1, 0.15) is 0 Å². The Kier molecular flexibility index (Phi) is 3.15. The van der Waals surface area contributed by atoms with Gasteiger partial charge in [0.15, 0.2) is 0 Å². The fourth-order valence-electron chi connectivity index (χ4n) is 5.00. The van der Waals surface area contributed by atoms with Crippen molar-refractivity contribution in [1.82, 2.24) is 4.90 Å². The Balaban J connectivity index is 1.80. The van der Waals surface area contributed by atoms with Crippen molar-refractivity contribution in [3.05, 3.63) is 0 Å². The van der Waals surface area contributed by atoms with E-state index in [2.05, 4.69) is 24.8 Å². The van der Waals surface area contributed by atoms with E-state index in [0.29, 0.717) is 17.9 Å². The van der Waals surface area contributed by atoms with Gasteiger partial charge in [-0.3, -0.25) is 0 Å². The van der Waals surface area contributed by atoms with Gasteiger partial charge in [-0.05, 0) is 57.8 Å². The summed E-state index contributed by atoms with van der Waals surface area (Å²) in [6, 6.07) is 3.14. The highest BCUT2D eigenvalue weighted by Gasteiger charge is 2.62. The Morgan fingerprint density at radius 3 is 2.37 bits per heavy atom. The summed E-state index contributed by atoms with van der Waals surface area (Å²) in [6.45, 7) is 6.30. The van der Waals surface area contributed by atoms with Crippen LogP contribution in [0, 0.1) is 28.6 Å². The molecule has 1 saturated heterocycles. The van der Waals surface area contributed by atoms with Crippen LogP contribution in [-0.2, 0) is 0 Å². The lowest BCUT2D eigenvalue weighted by atomic mass is 9.60. The number of nitrogens with zero attached hydrogens (tertiary/aromatic N) is 2. The highest BCUT2D eigenvalue weighted by atomic mass is 16.3. The molecule has 3 unspecified atom stereocenters. The topological polar surface area (TPSA) is 47.3 Å². The first-order chi connectivity index (χ1) is 9.01. The summed E-state index contributed by atoms with van der Waals surface area (Å²) >= 11 is 0. The van der Waals surface area contributed by atoms with E-state index >= 15 is 0 Å². The maximum Gasteiger partial charge on any atom is 0.0891 e. The fourth-order valence-corrected chi connectivity index (χ4v) is 5.00. The number of rotatable bonds is 2. The third-order valence-corrected chi connectivity index (χ3v) is 6.23. The maximum atomic E-state index is 11.2. The average molecular weight is 262 g/mol. The summed E-state index contributed by atoms with van der Waals surface area (Å²) < 4.78 is 0. The molecule has 0 radical (unpaired) electrons. The first kappa shape index (κ1) is 13.4. The highest BCUT2D eigenvalue weighted by molar-refractivity contribution is 5.21. The zero-order valence-electron chi connectivity index (χ0n) is 12.2. The van der Waals surface area contributed by atoms with Gasteiger partial charge in [-0.2, -0.15) is 5.26 Å². The zero-order valence-corrected chi connectivity index (χ0v) is 12.2. The van der Waals surface area contributed by atoms with Crippen LogP contribution in [0.5, 0.6) is 0 Å². The van der Waals surface area contributed by atoms with E-state index in [9.17, 15) is 10.4 Å². The highest BCUT2D eigenvalue weighted by Crippen LogP contribution is 2.62. The molecule has 2 aliphatic carbocycles. The quantitative estimate of drug-likeness (QED) is 0.832. The van der Waals surface area contributed by atoms with Crippen molar-refractivity contribution in [1.29, 1.82) is 5.26 Å². The molecule has 3 nitrogen and oxygen atoms in total. The van der Waals surface area contributed by atoms with Gasteiger partial charge in [-0.1, -0.05) is 6.42 Å². The molecule has 2 bridgehead atoms. The van der Waals surface area contributed by atoms with Crippen molar-refractivity contribution in [2.24, 2.45) is 17.3 Å².